The minimum absolute atomic E-state index is 0.286. The Balaban J connectivity index is 1.80. The summed E-state index contributed by atoms with van der Waals surface area (Å²) in [6.45, 7) is 0. The van der Waals surface area contributed by atoms with Gasteiger partial charge in [-0.1, -0.05) is 58.1 Å². The van der Waals surface area contributed by atoms with Crippen LogP contribution in [0.3, 0.4) is 0 Å². The molecule has 0 atom stereocenters. The van der Waals surface area contributed by atoms with Gasteiger partial charge < -0.3 is 15.0 Å². The zero-order valence-electron chi connectivity index (χ0n) is 11.5. The van der Waals surface area contributed by atoms with Crippen molar-refractivity contribution in [3.63, 3.8) is 0 Å². The topological polar surface area (TPSA) is 36.2 Å². The maximum atomic E-state index is 12.1. The van der Waals surface area contributed by atoms with E-state index in [-0.39, 0.29) is 5.75 Å². The monoisotopic (exact) mass is 381 g/mol. The number of halogens is 4. The summed E-state index contributed by atoms with van der Waals surface area (Å²) >= 11 is 3.43. The molecule has 7 heteroatoms. The molecule has 0 fully saturated rings. The van der Waals surface area contributed by atoms with Crippen molar-refractivity contribution in [1.29, 1.82) is 0 Å². The van der Waals surface area contributed by atoms with Gasteiger partial charge in [0.25, 0.3) is 0 Å². The maximum Gasteiger partial charge on any atom is 0.573 e. The van der Waals surface area contributed by atoms with Gasteiger partial charge in [0.05, 0.1) is 0 Å². The van der Waals surface area contributed by atoms with Gasteiger partial charge in [0, 0.05) is 4.47 Å². The van der Waals surface area contributed by atoms with Gasteiger partial charge in [0.1, 0.15) is 5.75 Å². The molecule has 0 aliphatic heterocycles. The Morgan fingerprint density at radius 1 is 0.957 bits per heavy atom. The van der Waals surface area contributed by atoms with Crippen LogP contribution in [0.25, 0.3) is 16.2 Å². The largest absolute Gasteiger partial charge is 0.573 e. The fraction of sp³-hybridized carbons (Fsp3) is 0.0625. The van der Waals surface area contributed by atoms with Gasteiger partial charge in [-0.3, -0.25) is 0 Å². The number of hydrogen-bond donors (Lipinski definition) is 0. The van der Waals surface area contributed by atoms with Crippen molar-refractivity contribution in [2.75, 3.05) is 0 Å². The molecule has 1 heterocycles. The number of fused-ring (bicyclic) bond motifs is 1. The number of aromatic nitrogens is 1. The van der Waals surface area contributed by atoms with Crippen LogP contribution in [0.15, 0.2) is 59.1 Å². The molecule has 0 unspecified atom stereocenters. The van der Waals surface area contributed by atoms with E-state index < -0.39 is 6.36 Å². The maximum absolute atomic E-state index is 12.1. The predicted octanol–water partition coefficient (Wildman–Crippen LogP) is 6.23. The van der Waals surface area contributed by atoms with Crippen molar-refractivity contribution in [3.8, 4) is 5.75 Å². The molecule has 0 saturated heterocycles. The second-order valence-electron chi connectivity index (χ2n) is 4.63. The molecule has 118 valence electrons. The third kappa shape index (κ3) is 3.92. The Kier molecular flexibility index (Phi) is 4.12. The van der Waals surface area contributed by atoms with Crippen LogP contribution in [0, 0.1) is 0 Å². The summed E-state index contributed by atoms with van der Waals surface area (Å²) in [7, 11) is 0. The van der Waals surface area contributed by atoms with Crippen LogP contribution in [-0.4, -0.2) is 11.3 Å². The Morgan fingerprint density at radius 3 is 2.39 bits per heavy atom. The lowest BCUT2D eigenvalue weighted by atomic mass is 10.2. The molecular formula is C16H9BrF3N2O-. The zero-order valence-corrected chi connectivity index (χ0v) is 13.1. The fourth-order valence-corrected chi connectivity index (χ4v) is 2.49. The highest BCUT2D eigenvalue weighted by molar-refractivity contribution is 9.10. The van der Waals surface area contributed by atoms with Crippen LogP contribution in [0.4, 0.5) is 24.7 Å². The normalized spacial score (nSPS) is 11.5. The van der Waals surface area contributed by atoms with Gasteiger partial charge in [-0.2, -0.15) is 0 Å². The average Bonchev–Trinajstić information content (AvgIpc) is 2.49. The van der Waals surface area contributed by atoms with E-state index in [1.165, 1.54) is 24.3 Å². The second kappa shape index (κ2) is 6.08. The summed E-state index contributed by atoms with van der Waals surface area (Å²) in [4.78, 5) is 4.43. The summed E-state index contributed by atoms with van der Waals surface area (Å²) in [6, 6.07) is 14.6. The Labute approximate surface area is 138 Å². The SMILES string of the molecule is FC(F)(F)Oc1ccc([N-]c2ccc3cccc(Br)c3n2)cc1. The molecule has 23 heavy (non-hydrogen) atoms. The van der Waals surface area contributed by atoms with Crippen molar-refractivity contribution in [2.45, 2.75) is 6.36 Å². The highest BCUT2D eigenvalue weighted by atomic mass is 79.9. The van der Waals surface area contributed by atoms with Crippen molar-refractivity contribution >= 4 is 38.3 Å². The summed E-state index contributed by atoms with van der Waals surface area (Å²) in [5.41, 5.74) is 1.25. The van der Waals surface area contributed by atoms with Gasteiger partial charge >= 0.3 is 6.36 Å². The van der Waals surface area contributed by atoms with E-state index in [1.807, 2.05) is 24.3 Å². The molecule has 0 aliphatic carbocycles. The number of rotatable bonds is 3. The molecule has 0 radical (unpaired) electrons. The summed E-state index contributed by atoms with van der Waals surface area (Å²) in [6.07, 6.45) is -4.70. The van der Waals surface area contributed by atoms with Crippen molar-refractivity contribution in [3.05, 3.63) is 64.4 Å². The molecule has 0 N–H and O–H groups in total. The van der Waals surface area contributed by atoms with Crippen molar-refractivity contribution in [2.24, 2.45) is 0 Å². The van der Waals surface area contributed by atoms with Gasteiger partial charge in [0.2, 0.25) is 0 Å². The molecule has 3 rings (SSSR count). The molecular weight excluding hydrogens is 373 g/mol. The van der Waals surface area contributed by atoms with E-state index in [1.54, 1.807) is 6.07 Å². The lowest BCUT2D eigenvalue weighted by Gasteiger charge is -2.17. The third-order valence-corrected chi connectivity index (χ3v) is 3.61. The summed E-state index contributed by atoms with van der Waals surface area (Å²) in [5, 5.41) is 5.27. The van der Waals surface area contributed by atoms with Gasteiger partial charge in [0.15, 0.2) is 0 Å². The van der Waals surface area contributed by atoms with E-state index in [9.17, 15) is 13.2 Å². The molecule has 0 bridgehead atoms. The van der Waals surface area contributed by atoms with Crippen LogP contribution >= 0.6 is 15.9 Å². The Hall–Kier alpha value is -2.28. The number of hydrogen-bond acceptors (Lipinski definition) is 2. The first kappa shape index (κ1) is 15.6. The van der Waals surface area contributed by atoms with Gasteiger partial charge in [-0.05, 0) is 34.8 Å². The lowest BCUT2D eigenvalue weighted by molar-refractivity contribution is -0.274. The smallest absolute Gasteiger partial charge is 0.436 e. The van der Waals surface area contributed by atoms with E-state index in [2.05, 4.69) is 31.0 Å². The molecule has 2 aromatic carbocycles. The molecule has 0 saturated carbocycles. The molecule has 0 amide bonds. The lowest BCUT2D eigenvalue weighted by Crippen LogP contribution is -2.16. The van der Waals surface area contributed by atoms with E-state index in [0.29, 0.717) is 11.5 Å². The number of pyridine rings is 1. The summed E-state index contributed by atoms with van der Waals surface area (Å²) in [5.74, 6) is 0.180. The number of benzene rings is 2. The van der Waals surface area contributed by atoms with Crippen LogP contribution in [0.2, 0.25) is 0 Å². The first-order chi connectivity index (χ1) is 10.9. The molecule has 0 spiro atoms. The predicted molar refractivity (Wildman–Crippen MR) is 85.2 cm³/mol. The molecule has 3 aromatic rings. The van der Waals surface area contributed by atoms with Crippen LogP contribution in [0.1, 0.15) is 0 Å². The van der Waals surface area contributed by atoms with E-state index >= 15 is 0 Å². The second-order valence-corrected chi connectivity index (χ2v) is 5.49. The minimum Gasteiger partial charge on any atom is -0.436 e. The van der Waals surface area contributed by atoms with Gasteiger partial charge in [-0.25, -0.2) is 0 Å². The summed E-state index contributed by atoms with van der Waals surface area (Å²) < 4.78 is 41.0. The fourth-order valence-electron chi connectivity index (χ4n) is 2.02. The quantitative estimate of drug-likeness (QED) is 0.538. The standard InChI is InChI=1S/C16H9BrF3N2O/c17-13-3-1-2-10-4-9-14(22-15(10)13)21-11-5-7-12(8-6-11)23-16(18,19)20/h1-9H/q-1. The van der Waals surface area contributed by atoms with Gasteiger partial charge in [-0.15, -0.1) is 13.2 Å². The highest BCUT2D eigenvalue weighted by Crippen LogP contribution is 2.33. The number of alkyl halides is 3. The Morgan fingerprint density at radius 2 is 1.70 bits per heavy atom. The van der Waals surface area contributed by atoms with E-state index in [0.717, 1.165) is 15.4 Å². The van der Waals surface area contributed by atoms with Crippen LogP contribution in [0.5, 0.6) is 5.75 Å². The van der Waals surface area contributed by atoms with E-state index in [4.69, 9.17) is 0 Å². The van der Waals surface area contributed by atoms with Crippen molar-refractivity contribution in [1.82, 2.24) is 4.98 Å². The van der Waals surface area contributed by atoms with Crippen LogP contribution < -0.4 is 4.74 Å². The first-order valence-corrected chi connectivity index (χ1v) is 7.33. The number of ether oxygens (including phenoxy) is 1. The number of para-hydroxylation sites is 1. The average molecular weight is 382 g/mol. The first-order valence-electron chi connectivity index (χ1n) is 6.53. The Bertz CT molecular complexity index is 835. The zero-order chi connectivity index (χ0) is 16.4. The van der Waals surface area contributed by atoms with Crippen molar-refractivity contribution < 1.29 is 17.9 Å². The van der Waals surface area contributed by atoms with Crippen LogP contribution in [-0.2, 0) is 0 Å². The highest BCUT2D eigenvalue weighted by Gasteiger charge is 2.30. The number of nitrogens with zero attached hydrogens (tertiary/aromatic N) is 2. The minimum atomic E-state index is -4.70. The molecule has 1 aromatic heterocycles. The third-order valence-electron chi connectivity index (χ3n) is 2.97. The molecule has 0 aliphatic rings. The molecule has 3 nitrogen and oxygen atoms in total.